The molecule has 4 nitrogen and oxygen atoms in total. The third-order valence-electron chi connectivity index (χ3n) is 3.74. The molecule has 0 aromatic carbocycles. The lowest BCUT2D eigenvalue weighted by atomic mass is 9.98. The maximum atomic E-state index is 11.9. The molecule has 0 aromatic heterocycles. The quantitative estimate of drug-likeness (QED) is 0.696. The average molecular weight is 237 g/mol. The Balaban J connectivity index is 1.71. The van der Waals surface area contributed by atoms with Gasteiger partial charge >= 0.3 is 0 Å². The number of hydrogen-bond acceptors (Lipinski definition) is 3. The number of carbonyl (C=O) groups excluding carboxylic acids is 1. The smallest absolute Gasteiger partial charge is 0.227 e. The Morgan fingerprint density at radius 3 is 3.00 bits per heavy atom. The minimum Gasteiger partial charge on any atom is -0.355 e. The van der Waals surface area contributed by atoms with E-state index in [1.807, 2.05) is 12.2 Å². The first-order chi connectivity index (χ1) is 8.15. The molecule has 0 aromatic rings. The second-order valence-electron chi connectivity index (χ2n) is 5.41. The predicted molar refractivity (Wildman–Crippen MR) is 68.5 cm³/mol. The molecule has 0 radical (unpaired) electrons. The number of piperidine rings is 1. The molecule has 3 unspecified atom stereocenters. The first-order valence-electron chi connectivity index (χ1n) is 6.55. The van der Waals surface area contributed by atoms with Gasteiger partial charge in [-0.05, 0) is 38.8 Å². The highest BCUT2D eigenvalue weighted by Crippen LogP contribution is 2.17. The Labute approximate surface area is 103 Å². The summed E-state index contributed by atoms with van der Waals surface area (Å²) in [5.41, 5.74) is 5.75. The van der Waals surface area contributed by atoms with Crippen molar-refractivity contribution in [1.82, 2.24) is 10.2 Å². The predicted octanol–water partition coefficient (Wildman–Crippen LogP) is 0.348. The van der Waals surface area contributed by atoms with Crippen molar-refractivity contribution in [3.8, 4) is 0 Å². The molecule has 3 N–H and O–H groups in total. The van der Waals surface area contributed by atoms with Crippen molar-refractivity contribution in [2.45, 2.75) is 25.3 Å². The van der Waals surface area contributed by atoms with Crippen molar-refractivity contribution in [2.75, 3.05) is 26.7 Å². The second-order valence-corrected chi connectivity index (χ2v) is 5.41. The fraction of sp³-hybridized carbons (Fsp3) is 0.769. The molecule has 1 fully saturated rings. The molecule has 0 saturated carbocycles. The zero-order chi connectivity index (χ0) is 12.3. The fourth-order valence-electron chi connectivity index (χ4n) is 2.74. The van der Waals surface area contributed by atoms with Crippen LogP contribution in [0.3, 0.4) is 0 Å². The van der Waals surface area contributed by atoms with Crippen LogP contribution < -0.4 is 11.1 Å². The first kappa shape index (κ1) is 12.6. The number of hydrogen-bond donors (Lipinski definition) is 2. The Bertz CT molecular complexity index is 303. The van der Waals surface area contributed by atoms with Gasteiger partial charge in [0.05, 0.1) is 5.92 Å². The van der Waals surface area contributed by atoms with E-state index in [0.717, 1.165) is 19.5 Å². The van der Waals surface area contributed by atoms with E-state index in [1.54, 1.807) is 0 Å². The van der Waals surface area contributed by atoms with E-state index in [1.165, 1.54) is 19.4 Å². The van der Waals surface area contributed by atoms with Crippen LogP contribution in [0.2, 0.25) is 0 Å². The molecular weight excluding hydrogens is 214 g/mol. The molecule has 1 aliphatic heterocycles. The fourth-order valence-corrected chi connectivity index (χ4v) is 2.74. The second kappa shape index (κ2) is 5.65. The van der Waals surface area contributed by atoms with Crippen LogP contribution in [0.15, 0.2) is 12.2 Å². The Kier molecular flexibility index (Phi) is 4.18. The van der Waals surface area contributed by atoms with Gasteiger partial charge in [-0.15, -0.1) is 0 Å². The van der Waals surface area contributed by atoms with E-state index in [9.17, 15) is 4.79 Å². The van der Waals surface area contributed by atoms with Gasteiger partial charge in [-0.2, -0.15) is 0 Å². The molecule has 1 amide bonds. The van der Waals surface area contributed by atoms with Crippen LogP contribution in [0.1, 0.15) is 19.3 Å². The van der Waals surface area contributed by atoms with Crippen LogP contribution in [0.25, 0.3) is 0 Å². The van der Waals surface area contributed by atoms with E-state index < -0.39 is 0 Å². The number of nitrogens with two attached hydrogens (primary N) is 1. The summed E-state index contributed by atoms with van der Waals surface area (Å²) >= 11 is 0. The first-order valence-corrected chi connectivity index (χ1v) is 6.55. The summed E-state index contributed by atoms with van der Waals surface area (Å²) in [5, 5.41) is 3.06. The van der Waals surface area contributed by atoms with Crippen molar-refractivity contribution in [2.24, 2.45) is 17.6 Å². The zero-order valence-corrected chi connectivity index (χ0v) is 10.6. The van der Waals surface area contributed by atoms with Crippen molar-refractivity contribution < 1.29 is 4.79 Å². The zero-order valence-electron chi connectivity index (χ0n) is 10.6. The van der Waals surface area contributed by atoms with Gasteiger partial charge < -0.3 is 16.0 Å². The minimum absolute atomic E-state index is 0.00804. The van der Waals surface area contributed by atoms with Crippen LogP contribution in [-0.4, -0.2) is 43.5 Å². The van der Waals surface area contributed by atoms with Gasteiger partial charge in [-0.1, -0.05) is 12.2 Å². The summed E-state index contributed by atoms with van der Waals surface area (Å²) in [5.74, 6) is 0.741. The Morgan fingerprint density at radius 2 is 2.35 bits per heavy atom. The molecule has 1 aliphatic carbocycles. The maximum Gasteiger partial charge on any atom is 0.227 e. The van der Waals surface area contributed by atoms with Crippen LogP contribution in [-0.2, 0) is 4.79 Å². The molecule has 0 bridgehead atoms. The van der Waals surface area contributed by atoms with Crippen molar-refractivity contribution in [3.63, 3.8) is 0 Å². The number of likely N-dealkylation sites (tertiary alicyclic amines) is 1. The molecule has 2 aliphatic rings. The van der Waals surface area contributed by atoms with Crippen LogP contribution in [0.5, 0.6) is 0 Å². The van der Waals surface area contributed by atoms with E-state index in [0.29, 0.717) is 5.92 Å². The molecule has 0 spiro atoms. The number of rotatable bonds is 3. The monoisotopic (exact) mass is 237 g/mol. The van der Waals surface area contributed by atoms with Gasteiger partial charge in [0.2, 0.25) is 5.91 Å². The van der Waals surface area contributed by atoms with Crippen LogP contribution >= 0.6 is 0 Å². The normalized spacial score (nSPS) is 33.9. The van der Waals surface area contributed by atoms with Gasteiger partial charge in [-0.3, -0.25) is 4.79 Å². The van der Waals surface area contributed by atoms with Gasteiger partial charge in [0, 0.05) is 19.1 Å². The molecule has 96 valence electrons. The largest absolute Gasteiger partial charge is 0.355 e. The lowest BCUT2D eigenvalue weighted by molar-refractivity contribution is -0.123. The third kappa shape index (κ3) is 3.54. The van der Waals surface area contributed by atoms with Crippen LogP contribution in [0.4, 0.5) is 0 Å². The van der Waals surface area contributed by atoms with E-state index in [2.05, 4.69) is 17.3 Å². The van der Waals surface area contributed by atoms with Gasteiger partial charge in [0.25, 0.3) is 0 Å². The molecule has 4 heteroatoms. The van der Waals surface area contributed by atoms with Crippen LogP contribution in [0, 0.1) is 11.8 Å². The molecular formula is C13H23N3O. The SMILES string of the molecule is CN1CCCC(CNC(=O)C2C=CC(N)C2)C1. The standard InChI is InChI=1S/C13H23N3O/c1-16-6-2-3-10(9-16)8-15-13(17)11-4-5-12(14)7-11/h4-5,10-12H,2-3,6-9,14H2,1H3,(H,15,17). The molecule has 17 heavy (non-hydrogen) atoms. The van der Waals surface area contributed by atoms with E-state index in [-0.39, 0.29) is 17.9 Å². The van der Waals surface area contributed by atoms with Gasteiger partial charge in [0.15, 0.2) is 0 Å². The lowest BCUT2D eigenvalue weighted by Gasteiger charge is -2.29. The Hall–Kier alpha value is -0.870. The highest BCUT2D eigenvalue weighted by Gasteiger charge is 2.24. The summed E-state index contributed by atoms with van der Waals surface area (Å²) < 4.78 is 0. The molecule has 3 atom stereocenters. The molecule has 1 heterocycles. The number of nitrogens with zero attached hydrogens (tertiary/aromatic N) is 1. The lowest BCUT2D eigenvalue weighted by Crippen LogP contribution is -2.40. The molecule has 2 rings (SSSR count). The number of nitrogens with one attached hydrogen (secondary N) is 1. The van der Waals surface area contributed by atoms with Crippen molar-refractivity contribution in [1.29, 1.82) is 0 Å². The van der Waals surface area contributed by atoms with Crippen molar-refractivity contribution in [3.05, 3.63) is 12.2 Å². The van der Waals surface area contributed by atoms with Crippen molar-refractivity contribution >= 4 is 5.91 Å². The summed E-state index contributed by atoms with van der Waals surface area (Å²) in [6.45, 7) is 3.09. The average Bonchev–Trinajstić information content (AvgIpc) is 2.73. The van der Waals surface area contributed by atoms with Gasteiger partial charge in [0.1, 0.15) is 0 Å². The highest BCUT2D eigenvalue weighted by molar-refractivity contribution is 5.81. The minimum atomic E-state index is -0.00804. The summed E-state index contributed by atoms with van der Waals surface area (Å²) in [7, 11) is 2.15. The van der Waals surface area contributed by atoms with E-state index >= 15 is 0 Å². The van der Waals surface area contributed by atoms with Gasteiger partial charge in [-0.25, -0.2) is 0 Å². The third-order valence-corrected chi connectivity index (χ3v) is 3.74. The highest BCUT2D eigenvalue weighted by atomic mass is 16.1. The summed E-state index contributed by atoms with van der Waals surface area (Å²) in [6.07, 6.45) is 7.10. The van der Waals surface area contributed by atoms with E-state index in [4.69, 9.17) is 5.73 Å². The summed E-state index contributed by atoms with van der Waals surface area (Å²) in [6, 6.07) is 0.0616. The maximum absolute atomic E-state index is 11.9. The number of amides is 1. The Morgan fingerprint density at radius 1 is 1.53 bits per heavy atom. The summed E-state index contributed by atoms with van der Waals surface area (Å²) in [4.78, 5) is 14.2. The topological polar surface area (TPSA) is 58.4 Å². The number of carbonyl (C=O) groups is 1. The molecule has 1 saturated heterocycles.